The Balaban J connectivity index is 1.52. The van der Waals surface area contributed by atoms with E-state index in [9.17, 15) is 15.0 Å². The zero-order valence-corrected chi connectivity index (χ0v) is 22.6. The minimum atomic E-state index is -0.553. The highest BCUT2D eigenvalue weighted by Gasteiger charge is 2.53. The van der Waals surface area contributed by atoms with E-state index in [0.717, 1.165) is 48.8 Å². The van der Waals surface area contributed by atoms with Crippen molar-refractivity contribution in [3.8, 4) is 5.75 Å². The highest BCUT2D eigenvalue weighted by Crippen LogP contribution is 2.51. The Hall–Kier alpha value is -3.15. The lowest BCUT2D eigenvalue weighted by Gasteiger charge is -2.56. The Morgan fingerprint density at radius 1 is 1.13 bits per heavy atom. The summed E-state index contributed by atoms with van der Waals surface area (Å²) in [6, 6.07) is 21.5. The minimum absolute atomic E-state index is 0.0194. The van der Waals surface area contributed by atoms with Gasteiger partial charge in [0.05, 0.1) is 6.10 Å². The van der Waals surface area contributed by atoms with Gasteiger partial charge in [0.2, 0.25) is 0 Å². The maximum absolute atomic E-state index is 14.1. The highest BCUT2D eigenvalue weighted by atomic mass is 16.3. The molecule has 1 aliphatic carbocycles. The number of fused-ring (bicyclic) bond motifs is 2. The molecule has 0 bridgehead atoms. The summed E-state index contributed by atoms with van der Waals surface area (Å²) >= 11 is 0. The fraction of sp³-hybridized carbons (Fsp3) is 0.424. The number of phenols is 1. The molecule has 3 aromatic carbocycles. The molecular weight excluding hydrogens is 472 g/mol. The van der Waals surface area contributed by atoms with Crippen molar-refractivity contribution in [1.29, 1.82) is 0 Å². The first-order valence-corrected chi connectivity index (χ1v) is 13.9. The van der Waals surface area contributed by atoms with E-state index >= 15 is 0 Å². The molecule has 4 atom stereocenters. The first-order valence-electron chi connectivity index (χ1n) is 13.9. The van der Waals surface area contributed by atoms with E-state index < -0.39 is 6.10 Å². The summed E-state index contributed by atoms with van der Waals surface area (Å²) in [5, 5.41) is 24.2. The molecule has 1 saturated carbocycles. The van der Waals surface area contributed by atoms with Crippen molar-refractivity contribution < 1.29 is 15.0 Å². The Morgan fingerprint density at radius 2 is 1.92 bits per heavy atom. The molecule has 1 heterocycles. The minimum Gasteiger partial charge on any atom is -0.508 e. The number of aromatic hydroxyl groups is 1. The number of carbonyl (C=O) groups is 1. The summed E-state index contributed by atoms with van der Waals surface area (Å²) in [4.78, 5) is 18.5. The number of phenolic OH excluding ortho intramolecular Hbond substituents is 1. The molecule has 38 heavy (non-hydrogen) atoms. The number of aliphatic hydroxyl groups is 1. The fourth-order valence-corrected chi connectivity index (χ4v) is 6.93. The van der Waals surface area contributed by atoms with Crippen LogP contribution in [0.1, 0.15) is 49.0 Å². The first-order chi connectivity index (χ1) is 18.3. The molecule has 2 N–H and O–H groups in total. The monoisotopic (exact) mass is 512 g/mol. The molecule has 0 aromatic heterocycles. The van der Waals surface area contributed by atoms with E-state index in [2.05, 4.69) is 37.5 Å². The molecule has 0 radical (unpaired) electrons. The Labute approximate surface area is 226 Å². The molecule has 1 aliphatic heterocycles. The van der Waals surface area contributed by atoms with Crippen molar-refractivity contribution in [3.63, 3.8) is 0 Å². The van der Waals surface area contributed by atoms with E-state index in [-0.39, 0.29) is 29.0 Å². The number of likely N-dealkylation sites (tertiary alicyclic amines) is 1. The van der Waals surface area contributed by atoms with Crippen molar-refractivity contribution in [1.82, 2.24) is 9.80 Å². The van der Waals surface area contributed by atoms with Crippen molar-refractivity contribution in [2.24, 2.45) is 11.8 Å². The number of aliphatic hydroxyl groups excluding tert-OH is 1. The molecule has 5 nitrogen and oxygen atoms in total. The molecule has 1 saturated heterocycles. The van der Waals surface area contributed by atoms with Crippen LogP contribution < -0.4 is 0 Å². The van der Waals surface area contributed by atoms with E-state index in [1.54, 1.807) is 6.07 Å². The second-order valence-electron chi connectivity index (χ2n) is 11.7. The second kappa shape index (κ2) is 10.9. The topological polar surface area (TPSA) is 64.0 Å². The van der Waals surface area contributed by atoms with Gasteiger partial charge in [0.1, 0.15) is 5.75 Å². The van der Waals surface area contributed by atoms with Crippen LogP contribution in [0.5, 0.6) is 5.75 Å². The van der Waals surface area contributed by atoms with E-state index in [4.69, 9.17) is 0 Å². The number of hydrogen-bond donors (Lipinski definition) is 2. The van der Waals surface area contributed by atoms with Gasteiger partial charge in [0.15, 0.2) is 0 Å². The largest absolute Gasteiger partial charge is 0.508 e. The summed E-state index contributed by atoms with van der Waals surface area (Å²) in [5.41, 5.74) is 1.43. The number of piperidine rings is 1. The zero-order chi connectivity index (χ0) is 26.9. The Kier molecular flexibility index (Phi) is 7.60. The van der Waals surface area contributed by atoms with Gasteiger partial charge in [-0.1, -0.05) is 62.4 Å². The molecule has 4 unspecified atom stereocenters. The van der Waals surface area contributed by atoms with Crippen LogP contribution in [0.2, 0.25) is 0 Å². The molecule has 200 valence electrons. The predicted octanol–water partition coefficient (Wildman–Crippen LogP) is 5.61. The molecule has 0 spiro atoms. The van der Waals surface area contributed by atoms with Gasteiger partial charge in [-0.15, -0.1) is 6.58 Å². The van der Waals surface area contributed by atoms with Crippen LogP contribution >= 0.6 is 0 Å². The third kappa shape index (κ3) is 5.10. The second-order valence-corrected chi connectivity index (χ2v) is 11.7. The van der Waals surface area contributed by atoms with Crippen molar-refractivity contribution in [2.75, 3.05) is 26.2 Å². The average Bonchev–Trinajstić information content (AvgIpc) is 2.91. The molecular formula is C33H40N2O3. The van der Waals surface area contributed by atoms with Crippen LogP contribution in [-0.4, -0.2) is 64.2 Å². The number of amides is 1. The van der Waals surface area contributed by atoms with Crippen LogP contribution in [0, 0.1) is 11.8 Å². The summed E-state index contributed by atoms with van der Waals surface area (Å²) in [6.07, 6.45) is 3.56. The van der Waals surface area contributed by atoms with Crippen LogP contribution in [-0.2, 0) is 5.41 Å². The molecule has 5 rings (SSSR count). The summed E-state index contributed by atoms with van der Waals surface area (Å²) in [7, 11) is 0. The average molecular weight is 513 g/mol. The molecule has 3 aromatic rings. The lowest BCUT2D eigenvalue weighted by atomic mass is 9.56. The Bertz CT molecular complexity index is 1300. The number of carbonyl (C=O) groups excluding carboxylic acids is 1. The third-order valence-corrected chi connectivity index (χ3v) is 8.68. The van der Waals surface area contributed by atoms with Gasteiger partial charge >= 0.3 is 0 Å². The van der Waals surface area contributed by atoms with Gasteiger partial charge in [-0.3, -0.25) is 9.69 Å². The fourth-order valence-electron chi connectivity index (χ4n) is 6.93. The molecule has 2 aliphatic rings. The lowest BCUT2D eigenvalue weighted by molar-refractivity contribution is -0.0630. The summed E-state index contributed by atoms with van der Waals surface area (Å²) < 4.78 is 0. The van der Waals surface area contributed by atoms with Gasteiger partial charge in [0.25, 0.3) is 5.91 Å². The summed E-state index contributed by atoms with van der Waals surface area (Å²) in [5.74, 6) is 0.577. The van der Waals surface area contributed by atoms with E-state index in [0.29, 0.717) is 24.4 Å². The highest BCUT2D eigenvalue weighted by molar-refractivity contribution is 5.98. The van der Waals surface area contributed by atoms with Crippen molar-refractivity contribution in [3.05, 3.63) is 90.5 Å². The van der Waals surface area contributed by atoms with E-state index in [1.807, 2.05) is 59.5 Å². The maximum atomic E-state index is 14.1. The SMILES string of the molecule is C=CCN1CCC2(c3cccc(O)c3)CC(N(CC(C)C)C(=O)c3ccc4ccccc4c3)CC(O)C2C1. The smallest absolute Gasteiger partial charge is 0.254 e. The van der Waals surface area contributed by atoms with Crippen molar-refractivity contribution >= 4 is 16.7 Å². The zero-order valence-electron chi connectivity index (χ0n) is 22.6. The molecule has 2 fully saturated rings. The third-order valence-electron chi connectivity index (χ3n) is 8.68. The predicted molar refractivity (Wildman–Crippen MR) is 153 cm³/mol. The first kappa shape index (κ1) is 26.5. The number of rotatable bonds is 7. The molecule has 1 amide bonds. The van der Waals surface area contributed by atoms with Gasteiger partial charge in [-0.25, -0.2) is 0 Å². The number of nitrogens with zero attached hydrogens (tertiary/aromatic N) is 2. The summed E-state index contributed by atoms with van der Waals surface area (Å²) in [6.45, 7) is 11.3. The van der Waals surface area contributed by atoms with Crippen LogP contribution in [0.4, 0.5) is 0 Å². The molecule has 5 heteroatoms. The van der Waals surface area contributed by atoms with Crippen LogP contribution in [0.15, 0.2) is 79.4 Å². The van der Waals surface area contributed by atoms with Gasteiger partial charge in [-0.05, 0) is 72.3 Å². The van der Waals surface area contributed by atoms with Gasteiger partial charge in [0, 0.05) is 42.6 Å². The maximum Gasteiger partial charge on any atom is 0.254 e. The normalized spacial score (nSPS) is 25.7. The van der Waals surface area contributed by atoms with Crippen molar-refractivity contribution in [2.45, 2.75) is 50.7 Å². The quantitative estimate of drug-likeness (QED) is 0.404. The lowest BCUT2D eigenvalue weighted by Crippen LogP contribution is -2.61. The van der Waals surface area contributed by atoms with Crippen LogP contribution in [0.25, 0.3) is 10.8 Å². The number of hydrogen-bond acceptors (Lipinski definition) is 4. The van der Waals surface area contributed by atoms with Crippen LogP contribution in [0.3, 0.4) is 0 Å². The van der Waals surface area contributed by atoms with Gasteiger partial charge in [-0.2, -0.15) is 0 Å². The van der Waals surface area contributed by atoms with Gasteiger partial charge < -0.3 is 15.1 Å². The number of benzene rings is 3. The Morgan fingerprint density at radius 3 is 2.66 bits per heavy atom. The standard InChI is InChI=1S/C33H40N2O3/c1-4-15-34-16-14-33(27-10-7-11-29(36)18-27)20-28(19-31(37)30(33)22-34)35(21-23(2)3)32(38)26-13-12-24-8-5-6-9-25(24)17-26/h4-13,17-18,23,28,30-31,36-37H,1,14-16,19-22H2,2-3H3. The van der Waals surface area contributed by atoms with E-state index in [1.165, 1.54) is 0 Å².